The minimum Gasteiger partial charge on any atom is -0.481 e. The van der Waals surface area contributed by atoms with E-state index in [9.17, 15) is 48.7 Å². The predicted octanol–water partition coefficient (Wildman–Crippen LogP) is 3.88. The highest BCUT2D eigenvalue weighted by Gasteiger charge is 2.38. The number of fused-ring (bicyclic) bond motifs is 3. The van der Waals surface area contributed by atoms with Gasteiger partial charge in [-0.2, -0.15) is 25.3 Å². The van der Waals surface area contributed by atoms with Crippen molar-refractivity contribution in [2.24, 2.45) is 0 Å². The zero-order chi connectivity index (χ0) is 40.8. The van der Waals surface area contributed by atoms with Gasteiger partial charge in [0.1, 0.15) is 11.4 Å². The standard InChI is InChI=1S/C34H44N4O13S4/c1-22-21-38(13-7-16-54(46,47)48)30-24-9-14-52-31(24)25(20-26(30)34(22,2)10-6-15-53(43,44)45)23-18-27(32(41)35-11-5-3-4-8-29(39)40)37-28(19-23)33(42)36-12-17-55(49,50)51/h9,14,18-21H,3-8,10-13,15-17H2,1-2H3,(H,35,41)(H,36,42)(H,39,40)(H,43,44,45)(H,46,47,48)(H,49,50,51). The average Bonchev–Trinajstić information content (AvgIpc) is 3.56. The van der Waals surface area contributed by atoms with Gasteiger partial charge in [-0.25, -0.2) is 4.98 Å². The normalized spacial score (nSPS) is 16.1. The Bertz CT molecular complexity index is 2310. The molecule has 0 aliphatic carbocycles. The van der Waals surface area contributed by atoms with E-state index in [1.807, 2.05) is 42.5 Å². The van der Waals surface area contributed by atoms with Gasteiger partial charge in [0.15, 0.2) is 0 Å². The molecule has 21 heteroatoms. The van der Waals surface area contributed by atoms with E-state index in [1.54, 1.807) is 0 Å². The van der Waals surface area contributed by atoms with Crippen LogP contribution in [0.2, 0.25) is 0 Å². The van der Waals surface area contributed by atoms with Crippen molar-refractivity contribution in [2.45, 2.75) is 64.2 Å². The lowest BCUT2D eigenvalue weighted by Crippen LogP contribution is -2.35. The van der Waals surface area contributed by atoms with Crippen LogP contribution in [0.25, 0.3) is 21.2 Å². The molecule has 0 bridgehead atoms. The maximum atomic E-state index is 13.4. The van der Waals surface area contributed by atoms with Gasteiger partial charge in [-0.1, -0.05) is 13.3 Å². The predicted molar refractivity (Wildman–Crippen MR) is 207 cm³/mol. The van der Waals surface area contributed by atoms with Crippen molar-refractivity contribution < 1.29 is 58.4 Å². The maximum absolute atomic E-state index is 13.4. The summed E-state index contributed by atoms with van der Waals surface area (Å²) in [7, 11) is -12.9. The van der Waals surface area contributed by atoms with Gasteiger partial charge in [-0.3, -0.25) is 28.0 Å². The number of aromatic nitrogens is 1. The molecule has 3 heterocycles. The third kappa shape index (κ3) is 12.2. The van der Waals surface area contributed by atoms with Gasteiger partial charge < -0.3 is 20.6 Å². The monoisotopic (exact) mass is 844 g/mol. The lowest BCUT2D eigenvalue weighted by molar-refractivity contribution is -0.137. The van der Waals surface area contributed by atoms with Gasteiger partial charge >= 0.3 is 5.97 Å². The third-order valence-corrected chi connectivity index (χ3v) is 12.6. The summed E-state index contributed by atoms with van der Waals surface area (Å²) in [4.78, 5) is 43.7. The number of anilines is 1. The van der Waals surface area contributed by atoms with Crippen LogP contribution in [-0.4, -0.2) is 104 Å². The second kappa shape index (κ2) is 17.9. The quantitative estimate of drug-likeness (QED) is 0.0696. The summed E-state index contributed by atoms with van der Waals surface area (Å²) in [6.07, 6.45) is 3.71. The summed E-state index contributed by atoms with van der Waals surface area (Å²) in [5, 5.41) is 16.5. The Morgan fingerprint density at radius 1 is 0.818 bits per heavy atom. The molecule has 1 aliphatic rings. The molecular formula is C34H44N4O13S4. The van der Waals surface area contributed by atoms with Crippen LogP contribution in [0.3, 0.4) is 0 Å². The number of thiophene rings is 1. The Morgan fingerprint density at radius 3 is 2.02 bits per heavy atom. The Balaban J connectivity index is 1.85. The number of carbonyl (C=O) groups excluding carboxylic acids is 2. The Morgan fingerprint density at radius 2 is 1.42 bits per heavy atom. The number of amides is 2. The molecule has 0 spiro atoms. The summed E-state index contributed by atoms with van der Waals surface area (Å²) < 4.78 is 97.8. The average molecular weight is 845 g/mol. The molecule has 2 amide bonds. The SMILES string of the molecule is CC1=CN(CCCS(=O)(=O)O)c2c(cc(-c3cc(C(=O)NCCCCCC(=O)O)nc(C(=O)NCCS(=O)(=O)O)c3)c3sccc23)C1(C)CCCS(=O)(=O)O. The first-order valence-electron chi connectivity index (χ1n) is 17.2. The fourth-order valence-corrected chi connectivity index (χ4v) is 8.73. The summed E-state index contributed by atoms with van der Waals surface area (Å²) in [6, 6.07) is 6.62. The first-order valence-corrected chi connectivity index (χ1v) is 22.9. The van der Waals surface area contributed by atoms with Crippen molar-refractivity contribution in [1.82, 2.24) is 15.6 Å². The second-order valence-corrected chi connectivity index (χ2v) is 19.1. The molecule has 0 fully saturated rings. The van der Waals surface area contributed by atoms with Crippen LogP contribution >= 0.6 is 11.3 Å². The molecule has 1 aromatic carbocycles. The zero-order valence-corrected chi connectivity index (χ0v) is 33.4. The molecule has 55 heavy (non-hydrogen) atoms. The number of unbranched alkanes of at least 4 members (excludes halogenated alkanes) is 2. The van der Waals surface area contributed by atoms with E-state index in [-0.39, 0.29) is 50.2 Å². The molecule has 2 aromatic heterocycles. The molecular weight excluding hydrogens is 801 g/mol. The number of carbonyl (C=O) groups is 3. The van der Waals surface area contributed by atoms with Gasteiger partial charge in [0.25, 0.3) is 42.2 Å². The van der Waals surface area contributed by atoms with Gasteiger partial charge in [0.05, 0.1) is 22.9 Å². The number of pyridine rings is 1. The fourth-order valence-electron chi connectivity index (χ4n) is 6.43. The molecule has 0 saturated carbocycles. The number of carboxylic acid groups (broad SMARTS) is 1. The molecule has 0 saturated heterocycles. The Kier molecular flexibility index (Phi) is 14.2. The lowest BCUT2D eigenvalue weighted by Gasteiger charge is -2.42. The van der Waals surface area contributed by atoms with Gasteiger partial charge in [0, 0.05) is 53.3 Å². The maximum Gasteiger partial charge on any atom is 0.303 e. The highest BCUT2D eigenvalue weighted by atomic mass is 32.2. The molecule has 4 rings (SSSR count). The van der Waals surface area contributed by atoms with E-state index in [1.165, 1.54) is 23.5 Å². The van der Waals surface area contributed by atoms with Crippen molar-refractivity contribution >= 4 is 75.2 Å². The minimum atomic E-state index is -4.40. The number of benzene rings is 1. The van der Waals surface area contributed by atoms with Crippen LogP contribution < -0.4 is 15.5 Å². The zero-order valence-electron chi connectivity index (χ0n) is 30.1. The first-order chi connectivity index (χ1) is 25.6. The number of allylic oxidation sites excluding steroid dienone is 1. The number of hydrogen-bond donors (Lipinski definition) is 6. The molecule has 17 nitrogen and oxygen atoms in total. The number of nitrogens with one attached hydrogen (secondary N) is 2. The molecule has 1 atom stereocenters. The highest BCUT2D eigenvalue weighted by Crippen LogP contribution is 2.51. The molecule has 3 aromatic rings. The molecule has 1 unspecified atom stereocenters. The Hall–Kier alpha value is -3.99. The molecule has 6 N–H and O–H groups in total. The summed E-state index contributed by atoms with van der Waals surface area (Å²) in [6.45, 7) is 3.69. The van der Waals surface area contributed by atoms with Gasteiger partial charge in [0.2, 0.25) is 0 Å². The number of rotatable bonds is 20. The van der Waals surface area contributed by atoms with E-state index in [2.05, 4.69) is 15.6 Å². The van der Waals surface area contributed by atoms with Crippen LogP contribution in [0.4, 0.5) is 5.69 Å². The van der Waals surface area contributed by atoms with Crippen LogP contribution in [0.15, 0.2) is 41.4 Å². The van der Waals surface area contributed by atoms with Crippen LogP contribution in [0, 0.1) is 0 Å². The highest BCUT2D eigenvalue weighted by molar-refractivity contribution is 7.86. The van der Waals surface area contributed by atoms with Crippen LogP contribution in [0.1, 0.15) is 85.3 Å². The summed E-state index contributed by atoms with van der Waals surface area (Å²) >= 11 is 1.35. The fraction of sp³-hybridized carbons (Fsp3) is 0.471. The number of nitrogens with zero attached hydrogens (tertiary/aromatic N) is 2. The number of hydrogen-bond acceptors (Lipinski definition) is 12. The summed E-state index contributed by atoms with van der Waals surface area (Å²) in [5.41, 5.74) is 1.93. The minimum absolute atomic E-state index is 0.0111. The summed E-state index contributed by atoms with van der Waals surface area (Å²) in [5.74, 6) is -4.13. The van der Waals surface area contributed by atoms with Crippen LogP contribution in [0.5, 0.6) is 0 Å². The third-order valence-electron chi connectivity index (χ3n) is 9.29. The lowest BCUT2D eigenvalue weighted by atomic mass is 9.70. The van der Waals surface area contributed by atoms with Crippen molar-refractivity contribution in [3.05, 3.63) is 58.4 Å². The van der Waals surface area contributed by atoms with Gasteiger partial charge in [-0.15, -0.1) is 11.3 Å². The molecule has 1 aliphatic heterocycles. The number of carboxylic acids is 1. The van der Waals surface area contributed by atoms with Crippen molar-refractivity contribution in [3.8, 4) is 11.1 Å². The topological polar surface area (TPSA) is 275 Å². The van der Waals surface area contributed by atoms with Crippen LogP contribution in [-0.2, 0) is 40.6 Å². The molecule has 0 radical (unpaired) electrons. The van der Waals surface area contributed by atoms with E-state index in [0.29, 0.717) is 46.3 Å². The number of aliphatic carboxylic acids is 1. The van der Waals surface area contributed by atoms with E-state index < -0.39 is 77.4 Å². The largest absolute Gasteiger partial charge is 0.481 e. The van der Waals surface area contributed by atoms with Crippen molar-refractivity contribution in [2.75, 3.05) is 41.8 Å². The van der Waals surface area contributed by atoms with Gasteiger partial charge in [-0.05, 0) is 85.4 Å². The van der Waals surface area contributed by atoms with E-state index >= 15 is 0 Å². The van der Waals surface area contributed by atoms with Crippen molar-refractivity contribution in [1.29, 1.82) is 0 Å². The van der Waals surface area contributed by atoms with E-state index in [0.717, 1.165) is 11.0 Å². The van der Waals surface area contributed by atoms with Crippen molar-refractivity contribution in [3.63, 3.8) is 0 Å². The molecule has 302 valence electrons. The second-order valence-electron chi connectivity index (χ2n) is 13.5. The first kappa shape index (κ1) is 43.7. The Labute approximate surface area is 323 Å². The van der Waals surface area contributed by atoms with E-state index in [4.69, 9.17) is 9.66 Å². The smallest absolute Gasteiger partial charge is 0.303 e.